The summed E-state index contributed by atoms with van der Waals surface area (Å²) in [5, 5.41) is 0. The van der Waals surface area contributed by atoms with Gasteiger partial charge in [0.15, 0.2) is 0 Å². The van der Waals surface area contributed by atoms with Crippen LogP contribution in [-0.4, -0.2) is 6.61 Å². The normalized spacial score (nSPS) is 19.7. The van der Waals surface area contributed by atoms with E-state index in [1.165, 1.54) is 60.8 Å². The fourth-order valence-corrected chi connectivity index (χ4v) is 4.36. The Labute approximate surface area is 178 Å². The van der Waals surface area contributed by atoms with E-state index in [2.05, 4.69) is 74.5 Å². The molecular formula is C28H38O. The van der Waals surface area contributed by atoms with Gasteiger partial charge in [-0.25, -0.2) is 0 Å². The zero-order chi connectivity index (χ0) is 20.3. The molecule has 29 heavy (non-hydrogen) atoms. The van der Waals surface area contributed by atoms with E-state index in [0.717, 1.165) is 37.9 Å². The molecule has 3 rings (SSSR count). The molecule has 1 aliphatic carbocycles. The Hall–Kier alpha value is -1.86. The average molecular weight is 391 g/mol. The first kappa shape index (κ1) is 21.8. The maximum Gasteiger partial charge on any atom is 0.0716 e. The zero-order valence-corrected chi connectivity index (χ0v) is 18.4. The average Bonchev–Trinajstić information content (AvgIpc) is 2.78. The molecule has 0 spiro atoms. The first-order valence-electron chi connectivity index (χ1n) is 11.7. The van der Waals surface area contributed by atoms with Crippen molar-refractivity contribution >= 4 is 0 Å². The number of hydrogen-bond acceptors (Lipinski definition) is 1. The molecule has 0 aromatic heterocycles. The van der Waals surface area contributed by atoms with Crippen LogP contribution in [0.25, 0.3) is 11.1 Å². The van der Waals surface area contributed by atoms with Crippen LogP contribution in [0.4, 0.5) is 0 Å². The van der Waals surface area contributed by atoms with Gasteiger partial charge in [-0.3, -0.25) is 0 Å². The monoisotopic (exact) mass is 390 g/mol. The van der Waals surface area contributed by atoms with Gasteiger partial charge in [-0.1, -0.05) is 81.0 Å². The third kappa shape index (κ3) is 6.85. The number of benzene rings is 2. The van der Waals surface area contributed by atoms with Gasteiger partial charge in [-0.05, 0) is 79.0 Å². The third-order valence-corrected chi connectivity index (χ3v) is 6.30. The van der Waals surface area contributed by atoms with E-state index < -0.39 is 0 Å². The van der Waals surface area contributed by atoms with Crippen LogP contribution in [0, 0.1) is 5.92 Å². The predicted octanol–water partition coefficient (Wildman–Crippen LogP) is 8.30. The molecule has 0 unspecified atom stereocenters. The van der Waals surface area contributed by atoms with E-state index in [-0.39, 0.29) is 0 Å². The first-order valence-corrected chi connectivity index (χ1v) is 11.7. The molecule has 1 fully saturated rings. The van der Waals surface area contributed by atoms with Gasteiger partial charge in [0.25, 0.3) is 0 Å². The second-order valence-corrected chi connectivity index (χ2v) is 8.56. The summed E-state index contributed by atoms with van der Waals surface area (Å²) in [5.41, 5.74) is 5.38. The molecule has 0 saturated heterocycles. The van der Waals surface area contributed by atoms with Crippen molar-refractivity contribution in [3.63, 3.8) is 0 Å². The third-order valence-electron chi connectivity index (χ3n) is 6.30. The van der Waals surface area contributed by atoms with Crippen LogP contribution in [-0.2, 0) is 11.3 Å². The van der Waals surface area contributed by atoms with E-state index in [9.17, 15) is 0 Å². The lowest BCUT2D eigenvalue weighted by molar-refractivity contribution is 0.118. The second kappa shape index (κ2) is 12.0. The van der Waals surface area contributed by atoms with Crippen LogP contribution >= 0.6 is 0 Å². The summed E-state index contributed by atoms with van der Waals surface area (Å²) in [6.45, 7) is 5.99. The first-order chi connectivity index (χ1) is 14.3. The van der Waals surface area contributed by atoms with Crippen molar-refractivity contribution in [3.8, 4) is 11.1 Å². The quantitative estimate of drug-likeness (QED) is 0.293. The fraction of sp³-hybridized carbons (Fsp3) is 0.500. The van der Waals surface area contributed by atoms with Crippen molar-refractivity contribution in [1.29, 1.82) is 0 Å². The van der Waals surface area contributed by atoms with Crippen molar-refractivity contribution in [1.82, 2.24) is 0 Å². The number of unbranched alkanes of at least 4 members (excludes halogenated alkanes) is 1. The zero-order valence-electron chi connectivity index (χ0n) is 18.4. The molecule has 0 bridgehead atoms. The molecule has 156 valence electrons. The molecule has 0 aliphatic heterocycles. The van der Waals surface area contributed by atoms with E-state index in [0.29, 0.717) is 0 Å². The largest absolute Gasteiger partial charge is 0.377 e. The molecule has 1 nitrogen and oxygen atoms in total. The highest BCUT2D eigenvalue weighted by Crippen LogP contribution is 2.37. The Kier molecular flexibility index (Phi) is 9.02. The summed E-state index contributed by atoms with van der Waals surface area (Å²) in [4.78, 5) is 0. The molecule has 0 amide bonds. The molecule has 1 heteroatoms. The molecule has 0 N–H and O–H groups in total. The van der Waals surface area contributed by atoms with E-state index >= 15 is 0 Å². The lowest BCUT2D eigenvalue weighted by Crippen LogP contribution is -2.12. The van der Waals surface area contributed by atoms with Crippen molar-refractivity contribution in [2.45, 2.75) is 77.7 Å². The van der Waals surface area contributed by atoms with Crippen LogP contribution in [0.15, 0.2) is 60.7 Å². The van der Waals surface area contributed by atoms with Crippen LogP contribution in [0.3, 0.4) is 0 Å². The highest BCUT2D eigenvalue weighted by Gasteiger charge is 2.21. The smallest absolute Gasteiger partial charge is 0.0716 e. The van der Waals surface area contributed by atoms with Gasteiger partial charge >= 0.3 is 0 Å². The van der Waals surface area contributed by atoms with Crippen LogP contribution < -0.4 is 0 Å². The minimum atomic E-state index is 0.718. The van der Waals surface area contributed by atoms with Crippen LogP contribution in [0.1, 0.15) is 82.3 Å². The molecular weight excluding hydrogens is 352 g/mol. The highest BCUT2D eigenvalue weighted by atomic mass is 16.5. The van der Waals surface area contributed by atoms with Gasteiger partial charge in [0.2, 0.25) is 0 Å². The van der Waals surface area contributed by atoms with Gasteiger partial charge in [0.1, 0.15) is 0 Å². The minimum Gasteiger partial charge on any atom is -0.377 e. The molecule has 0 atom stereocenters. The maximum atomic E-state index is 5.72. The summed E-state index contributed by atoms with van der Waals surface area (Å²) in [7, 11) is 0. The van der Waals surface area contributed by atoms with E-state index in [1.54, 1.807) is 0 Å². The molecule has 0 heterocycles. The standard InChI is InChI=1S/C28H38O/c1-3-5-7-8-23-9-13-25(14-10-23)27-17-19-28(20-18-27)26-15-11-24(12-16-26)22-29-21-6-4-2/h5,7,11-12,15-20,23,25H,3-4,6,8-10,13-14,21-22H2,1-2H3. The lowest BCUT2D eigenvalue weighted by Gasteiger charge is -2.28. The van der Waals surface area contributed by atoms with Gasteiger partial charge < -0.3 is 4.74 Å². The van der Waals surface area contributed by atoms with Crippen LogP contribution in [0.5, 0.6) is 0 Å². The SMILES string of the molecule is CCC=CCC1CCC(c2ccc(-c3ccc(COCCCC)cc3)cc2)CC1. The number of hydrogen-bond donors (Lipinski definition) is 0. The van der Waals surface area contributed by atoms with Crippen molar-refractivity contribution in [3.05, 3.63) is 71.8 Å². The van der Waals surface area contributed by atoms with Crippen molar-refractivity contribution < 1.29 is 4.74 Å². The van der Waals surface area contributed by atoms with Gasteiger partial charge in [0.05, 0.1) is 6.61 Å². The van der Waals surface area contributed by atoms with Crippen molar-refractivity contribution in [2.75, 3.05) is 6.61 Å². The molecule has 1 saturated carbocycles. The van der Waals surface area contributed by atoms with Gasteiger partial charge in [-0.15, -0.1) is 0 Å². The predicted molar refractivity (Wildman–Crippen MR) is 125 cm³/mol. The molecule has 2 aromatic carbocycles. The molecule has 0 radical (unpaired) electrons. The Morgan fingerprint density at radius 3 is 2.10 bits per heavy atom. The topological polar surface area (TPSA) is 9.23 Å². The van der Waals surface area contributed by atoms with Crippen LogP contribution in [0.2, 0.25) is 0 Å². The van der Waals surface area contributed by atoms with E-state index in [4.69, 9.17) is 4.74 Å². The number of allylic oxidation sites excluding steroid dienone is 2. The lowest BCUT2D eigenvalue weighted by atomic mass is 9.77. The fourth-order valence-electron chi connectivity index (χ4n) is 4.36. The Bertz CT molecular complexity index is 718. The summed E-state index contributed by atoms with van der Waals surface area (Å²) < 4.78 is 5.72. The van der Waals surface area contributed by atoms with Gasteiger partial charge in [0, 0.05) is 6.61 Å². The van der Waals surface area contributed by atoms with E-state index in [1.807, 2.05) is 0 Å². The minimum absolute atomic E-state index is 0.718. The van der Waals surface area contributed by atoms with Crippen molar-refractivity contribution in [2.24, 2.45) is 5.92 Å². The summed E-state index contributed by atoms with van der Waals surface area (Å²) in [6.07, 6.45) is 14.9. The maximum absolute atomic E-state index is 5.72. The summed E-state index contributed by atoms with van der Waals surface area (Å²) in [5.74, 6) is 1.65. The van der Waals surface area contributed by atoms with Gasteiger partial charge in [-0.2, -0.15) is 0 Å². The number of rotatable bonds is 10. The number of ether oxygens (including phenoxy) is 1. The molecule has 2 aromatic rings. The second-order valence-electron chi connectivity index (χ2n) is 8.56. The molecule has 1 aliphatic rings. The summed E-state index contributed by atoms with van der Waals surface area (Å²) >= 11 is 0. The summed E-state index contributed by atoms with van der Waals surface area (Å²) in [6, 6.07) is 18.2. The highest BCUT2D eigenvalue weighted by molar-refractivity contribution is 5.64. The Balaban J connectivity index is 1.50. The Morgan fingerprint density at radius 2 is 1.48 bits per heavy atom. The Morgan fingerprint density at radius 1 is 0.828 bits per heavy atom.